The highest BCUT2D eigenvalue weighted by Crippen LogP contribution is 2.20. The van der Waals surface area contributed by atoms with E-state index in [1.807, 2.05) is 30.3 Å². The fourth-order valence-corrected chi connectivity index (χ4v) is 4.20. The van der Waals surface area contributed by atoms with Gasteiger partial charge < -0.3 is 5.32 Å². The number of nitrogens with one attached hydrogen (secondary N) is 3. The molecule has 1 atom stereocenters. The Labute approximate surface area is 184 Å². The predicted molar refractivity (Wildman–Crippen MR) is 117 cm³/mol. The molecule has 0 aliphatic carbocycles. The van der Waals surface area contributed by atoms with E-state index in [1.54, 1.807) is 0 Å². The van der Waals surface area contributed by atoms with Gasteiger partial charge in [0.25, 0.3) is 0 Å². The van der Waals surface area contributed by atoms with Gasteiger partial charge in [0.15, 0.2) is 5.82 Å². The smallest absolute Gasteiger partial charge is 0.221 e. The Hall–Kier alpha value is -2.76. The Morgan fingerprint density at radius 3 is 2.55 bits per heavy atom. The number of sulfonamides is 1. The third-order valence-corrected chi connectivity index (χ3v) is 5.75. The van der Waals surface area contributed by atoms with E-state index >= 15 is 0 Å². The van der Waals surface area contributed by atoms with Crippen LogP contribution in [-0.4, -0.2) is 48.1 Å². The van der Waals surface area contributed by atoms with Crippen molar-refractivity contribution >= 4 is 27.7 Å². The Kier molecular flexibility index (Phi) is 7.77. The van der Waals surface area contributed by atoms with Crippen molar-refractivity contribution < 1.29 is 17.6 Å². The number of aromatic nitrogens is 3. The first kappa shape index (κ1) is 22.9. The highest BCUT2D eigenvalue weighted by Gasteiger charge is 2.20. The summed E-state index contributed by atoms with van der Waals surface area (Å²) >= 11 is 1.38. The molecule has 0 fully saturated rings. The molecular weight excluding hydrogens is 441 g/mol. The molecule has 3 rings (SSSR count). The Morgan fingerprint density at radius 2 is 1.87 bits per heavy atom. The molecule has 1 heterocycles. The van der Waals surface area contributed by atoms with Crippen LogP contribution in [0.5, 0.6) is 0 Å². The van der Waals surface area contributed by atoms with Crippen molar-refractivity contribution in [2.75, 3.05) is 18.6 Å². The lowest BCUT2D eigenvalue weighted by atomic mass is 10.0. The van der Waals surface area contributed by atoms with E-state index in [9.17, 15) is 17.6 Å². The zero-order chi connectivity index (χ0) is 22.3. The summed E-state index contributed by atoms with van der Waals surface area (Å²) in [5.74, 6) is 0.441. The summed E-state index contributed by atoms with van der Waals surface area (Å²) in [4.78, 5) is 16.7. The molecule has 0 spiro atoms. The molecular formula is C20H22FN5O3S2. The van der Waals surface area contributed by atoms with Crippen molar-refractivity contribution in [2.45, 2.75) is 17.6 Å². The van der Waals surface area contributed by atoms with Crippen molar-refractivity contribution in [1.29, 1.82) is 0 Å². The van der Waals surface area contributed by atoms with Gasteiger partial charge in [-0.15, -0.1) is 5.10 Å². The summed E-state index contributed by atoms with van der Waals surface area (Å²) in [5.41, 5.74) is 1.44. The number of thioether (sulfide) groups is 1. The molecule has 3 N–H and O–H groups in total. The first-order chi connectivity index (χ1) is 14.8. The molecule has 164 valence electrons. The van der Waals surface area contributed by atoms with Crippen LogP contribution in [0.25, 0.3) is 11.4 Å². The van der Waals surface area contributed by atoms with Crippen LogP contribution >= 0.6 is 11.8 Å². The van der Waals surface area contributed by atoms with E-state index in [0.717, 1.165) is 11.8 Å². The van der Waals surface area contributed by atoms with Crippen molar-refractivity contribution in [1.82, 2.24) is 25.2 Å². The normalized spacial score (nSPS) is 12.5. The van der Waals surface area contributed by atoms with E-state index in [0.29, 0.717) is 28.8 Å². The fraction of sp³-hybridized carbons (Fsp3) is 0.250. The van der Waals surface area contributed by atoms with Crippen LogP contribution in [-0.2, 0) is 14.8 Å². The molecule has 0 unspecified atom stereocenters. The van der Waals surface area contributed by atoms with Crippen LogP contribution in [0, 0.1) is 5.82 Å². The summed E-state index contributed by atoms with van der Waals surface area (Å²) in [6.45, 7) is 0.355. The van der Waals surface area contributed by atoms with Gasteiger partial charge in [0.2, 0.25) is 21.1 Å². The van der Waals surface area contributed by atoms with Crippen LogP contribution in [0.3, 0.4) is 0 Å². The molecule has 3 aromatic rings. The molecule has 11 heteroatoms. The maximum absolute atomic E-state index is 13.2. The second-order valence-corrected chi connectivity index (χ2v) is 9.57. The Bertz CT molecular complexity index is 1110. The van der Waals surface area contributed by atoms with Crippen LogP contribution in [0.2, 0.25) is 0 Å². The minimum atomic E-state index is -3.56. The van der Waals surface area contributed by atoms with Gasteiger partial charge in [0.1, 0.15) is 5.82 Å². The number of carbonyl (C=O) groups excluding carboxylic acids is 1. The molecule has 0 saturated carbocycles. The third-order valence-electron chi connectivity index (χ3n) is 4.19. The number of amides is 1. The molecule has 0 aliphatic rings. The van der Waals surface area contributed by atoms with Crippen molar-refractivity contribution in [3.63, 3.8) is 0 Å². The zero-order valence-electron chi connectivity index (χ0n) is 16.7. The maximum atomic E-state index is 13.2. The molecule has 0 radical (unpaired) electrons. The minimum Gasteiger partial charge on any atom is -0.355 e. The van der Waals surface area contributed by atoms with Crippen molar-refractivity contribution in [3.8, 4) is 11.4 Å². The minimum absolute atomic E-state index is 0.109. The maximum Gasteiger partial charge on any atom is 0.221 e. The highest BCUT2D eigenvalue weighted by molar-refractivity contribution is 7.99. The van der Waals surface area contributed by atoms with E-state index in [2.05, 4.69) is 25.2 Å². The van der Waals surface area contributed by atoms with E-state index in [1.165, 1.54) is 36.0 Å². The van der Waals surface area contributed by atoms with Crippen LogP contribution in [0.1, 0.15) is 18.0 Å². The lowest BCUT2D eigenvalue weighted by Gasteiger charge is -2.17. The molecule has 0 saturated heterocycles. The second kappa shape index (κ2) is 10.5. The van der Waals surface area contributed by atoms with Gasteiger partial charge in [-0.3, -0.25) is 9.89 Å². The standard InChI is InChI=1S/C20H22FN5O3S2/c1-31(28,29)26-17(14-7-9-16(21)10-8-14)13-18(27)22-11-12-30-20-23-19(24-25-20)15-5-3-2-4-6-15/h2-10,17,26H,11-13H2,1H3,(H,22,27)(H,23,24,25)/t17-/m0/s1. The first-order valence-electron chi connectivity index (χ1n) is 9.40. The number of H-pyrrole nitrogens is 1. The predicted octanol–water partition coefficient (Wildman–Crippen LogP) is 2.50. The van der Waals surface area contributed by atoms with Crippen LogP contribution in [0.4, 0.5) is 4.39 Å². The van der Waals surface area contributed by atoms with Crippen LogP contribution in [0.15, 0.2) is 59.8 Å². The Balaban J connectivity index is 1.49. The van der Waals surface area contributed by atoms with Gasteiger partial charge in [-0.05, 0) is 17.7 Å². The third kappa shape index (κ3) is 7.46. The summed E-state index contributed by atoms with van der Waals surface area (Å²) < 4.78 is 38.9. The summed E-state index contributed by atoms with van der Waals surface area (Å²) in [6.07, 6.45) is 0.904. The quantitative estimate of drug-likeness (QED) is 0.314. The van der Waals surface area contributed by atoms with Crippen molar-refractivity contribution in [2.24, 2.45) is 0 Å². The molecule has 2 aromatic carbocycles. The lowest BCUT2D eigenvalue weighted by molar-refractivity contribution is -0.121. The number of halogens is 1. The number of carbonyl (C=O) groups is 1. The summed E-state index contributed by atoms with van der Waals surface area (Å²) in [7, 11) is -3.56. The largest absolute Gasteiger partial charge is 0.355 e. The molecule has 0 aliphatic heterocycles. The van der Waals surface area contributed by atoms with Gasteiger partial charge in [-0.25, -0.2) is 22.5 Å². The van der Waals surface area contributed by atoms with Gasteiger partial charge in [-0.1, -0.05) is 54.2 Å². The molecule has 8 nitrogen and oxygen atoms in total. The topological polar surface area (TPSA) is 117 Å². The Morgan fingerprint density at radius 1 is 1.16 bits per heavy atom. The van der Waals surface area contributed by atoms with Gasteiger partial charge in [0.05, 0.1) is 12.3 Å². The number of nitrogens with zero attached hydrogens (tertiary/aromatic N) is 2. The molecule has 1 aromatic heterocycles. The number of rotatable bonds is 10. The molecule has 31 heavy (non-hydrogen) atoms. The van der Waals surface area contributed by atoms with Gasteiger partial charge in [-0.2, -0.15) is 0 Å². The summed E-state index contributed by atoms with van der Waals surface area (Å²) in [6, 6.07) is 14.2. The monoisotopic (exact) mass is 463 g/mol. The number of aromatic amines is 1. The fourth-order valence-electron chi connectivity index (χ4n) is 2.81. The first-order valence-corrected chi connectivity index (χ1v) is 12.3. The SMILES string of the molecule is CS(=O)(=O)N[C@@H](CC(=O)NCCSc1n[nH]c(-c2ccccc2)n1)c1ccc(F)cc1. The average molecular weight is 464 g/mol. The number of hydrogen-bond acceptors (Lipinski definition) is 6. The van der Waals surface area contributed by atoms with E-state index in [4.69, 9.17) is 0 Å². The van der Waals surface area contributed by atoms with Gasteiger partial charge in [0, 0.05) is 24.3 Å². The summed E-state index contributed by atoms with van der Waals surface area (Å²) in [5, 5.41) is 10.4. The average Bonchev–Trinajstić information content (AvgIpc) is 3.20. The second-order valence-electron chi connectivity index (χ2n) is 6.73. The highest BCUT2D eigenvalue weighted by atomic mass is 32.2. The number of benzene rings is 2. The lowest BCUT2D eigenvalue weighted by Crippen LogP contribution is -2.34. The van der Waals surface area contributed by atoms with Gasteiger partial charge >= 0.3 is 0 Å². The molecule has 0 bridgehead atoms. The van der Waals surface area contributed by atoms with E-state index in [-0.39, 0.29) is 12.3 Å². The zero-order valence-corrected chi connectivity index (χ0v) is 18.3. The van der Waals surface area contributed by atoms with Crippen molar-refractivity contribution in [3.05, 3.63) is 66.0 Å². The molecule has 1 amide bonds. The number of hydrogen-bond donors (Lipinski definition) is 3. The van der Waals surface area contributed by atoms with E-state index < -0.39 is 21.9 Å². The van der Waals surface area contributed by atoms with Crippen LogP contribution < -0.4 is 10.0 Å².